The van der Waals surface area contributed by atoms with Gasteiger partial charge in [0.25, 0.3) is 0 Å². The molecule has 0 bridgehead atoms. The molecule has 0 fully saturated rings. The monoisotopic (exact) mass is 417 g/mol. The van der Waals surface area contributed by atoms with Gasteiger partial charge in [-0.1, -0.05) is 72.4 Å². The summed E-state index contributed by atoms with van der Waals surface area (Å²) in [6.07, 6.45) is 0.762. The quantitative estimate of drug-likeness (QED) is 0.333. The summed E-state index contributed by atoms with van der Waals surface area (Å²) >= 11 is 1.81. The first-order valence-electron chi connectivity index (χ1n) is 10.3. The van der Waals surface area contributed by atoms with E-state index >= 15 is 0 Å². The molecular weight excluding hydrogens is 398 g/mol. The second-order valence-electron chi connectivity index (χ2n) is 7.67. The maximum atomic E-state index is 4.54. The minimum Gasteiger partial charge on any atom is -0.354 e. The molecule has 5 aromatic rings. The van der Waals surface area contributed by atoms with Crippen LogP contribution in [0.25, 0.3) is 22.0 Å². The number of anilines is 2. The third-order valence-corrected chi connectivity index (χ3v) is 6.73. The van der Waals surface area contributed by atoms with E-state index in [1.807, 2.05) is 11.8 Å². The first-order chi connectivity index (χ1) is 15.3. The van der Waals surface area contributed by atoms with Crippen LogP contribution in [0.3, 0.4) is 0 Å². The Morgan fingerprint density at radius 2 is 1.52 bits per heavy atom. The van der Waals surface area contributed by atoms with Gasteiger partial charge in [0.15, 0.2) is 0 Å². The van der Waals surface area contributed by atoms with E-state index in [2.05, 4.69) is 113 Å². The summed E-state index contributed by atoms with van der Waals surface area (Å²) in [7, 11) is 0. The van der Waals surface area contributed by atoms with Crippen LogP contribution in [0.4, 0.5) is 11.4 Å². The van der Waals surface area contributed by atoms with Crippen molar-refractivity contribution in [3.63, 3.8) is 0 Å². The van der Waals surface area contributed by atoms with Gasteiger partial charge >= 0.3 is 0 Å². The van der Waals surface area contributed by atoms with Gasteiger partial charge in [0.1, 0.15) is 0 Å². The molecule has 0 unspecified atom stereocenters. The normalized spacial score (nSPS) is 12.1. The maximum Gasteiger partial charge on any atom is 0.0936 e. The second-order valence-corrected chi connectivity index (χ2v) is 8.75. The Bertz CT molecular complexity index is 1400. The molecular formula is C27H19N3S. The van der Waals surface area contributed by atoms with E-state index < -0.39 is 0 Å². The lowest BCUT2D eigenvalue weighted by atomic mass is 10.0. The second kappa shape index (κ2) is 7.56. The maximum absolute atomic E-state index is 4.54. The van der Waals surface area contributed by atoms with Crippen LogP contribution in [-0.2, 0) is 6.42 Å². The number of rotatable bonds is 3. The molecule has 0 atom stereocenters. The molecule has 4 aromatic carbocycles. The number of hydrogen-bond acceptors (Lipinski definition) is 4. The van der Waals surface area contributed by atoms with Crippen molar-refractivity contribution in [2.45, 2.75) is 16.2 Å². The summed E-state index contributed by atoms with van der Waals surface area (Å²) in [5.74, 6) is 0. The lowest BCUT2D eigenvalue weighted by molar-refractivity contribution is 0.941. The van der Waals surface area contributed by atoms with Crippen molar-refractivity contribution in [1.29, 1.82) is 0 Å². The summed E-state index contributed by atoms with van der Waals surface area (Å²) in [6, 6.07) is 33.9. The Balaban J connectivity index is 1.26. The van der Waals surface area contributed by atoms with Gasteiger partial charge in [0.05, 0.1) is 22.8 Å². The van der Waals surface area contributed by atoms with Gasteiger partial charge in [-0.2, -0.15) is 10.2 Å². The van der Waals surface area contributed by atoms with E-state index in [9.17, 15) is 0 Å². The van der Waals surface area contributed by atoms with Crippen LogP contribution in [0, 0.1) is 0 Å². The summed E-state index contributed by atoms with van der Waals surface area (Å²) in [4.78, 5) is 2.50. The van der Waals surface area contributed by atoms with E-state index in [-0.39, 0.29) is 0 Å². The number of hydrogen-bond donors (Lipinski definition) is 1. The number of benzene rings is 4. The van der Waals surface area contributed by atoms with Gasteiger partial charge in [0, 0.05) is 21.8 Å². The average Bonchev–Trinajstić information content (AvgIpc) is 2.83. The molecule has 0 aliphatic carbocycles. The minimum atomic E-state index is 0.762. The fraction of sp³-hybridized carbons (Fsp3) is 0.0370. The van der Waals surface area contributed by atoms with Crippen LogP contribution in [0.15, 0.2) is 107 Å². The summed E-state index contributed by atoms with van der Waals surface area (Å²) < 4.78 is 0. The topological polar surface area (TPSA) is 37.8 Å². The average molecular weight is 418 g/mol. The SMILES string of the molecule is c1ccc2c(c1)Nc1ccc(Cc3ccc(-c4cccc5ccccc45)nn3)cc1S2. The molecule has 0 spiro atoms. The third kappa shape index (κ3) is 3.45. The predicted octanol–water partition coefficient (Wildman–Crippen LogP) is 7.10. The van der Waals surface area contributed by atoms with Crippen molar-refractivity contribution in [2.24, 2.45) is 0 Å². The first-order valence-corrected chi connectivity index (χ1v) is 11.1. The molecule has 1 aliphatic heterocycles. The highest BCUT2D eigenvalue weighted by atomic mass is 32.2. The largest absolute Gasteiger partial charge is 0.354 e. The fourth-order valence-corrected chi connectivity index (χ4v) is 5.09. The summed E-state index contributed by atoms with van der Waals surface area (Å²) in [5.41, 5.74) is 6.56. The third-order valence-electron chi connectivity index (χ3n) is 5.59. The van der Waals surface area contributed by atoms with Gasteiger partial charge in [-0.25, -0.2) is 0 Å². The van der Waals surface area contributed by atoms with Gasteiger partial charge in [-0.15, -0.1) is 0 Å². The highest BCUT2D eigenvalue weighted by molar-refractivity contribution is 7.99. The van der Waals surface area contributed by atoms with E-state index in [4.69, 9.17) is 0 Å². The number of fused-ring (bicyclic) bond motifs is 3. The van der Waals surface area contributed by atoms with Gasteiger partial charge < -0.3 is 5.32 Å². The number of nitrogens with one attached hydrogen (secondary N) is 1. The van der Waals surface area contributed by atoms with E-state index in [0.29, 0.717) is 0 Å². The Kier molecular flexibility index (Phi) is 4.43. The molecule has 148 valence electrons. The molecule has 2 heterocycles. The standard InChI is InChI=1S/C27H19N3S/c1-2-8-21-19(6-1)7-5-9-22(21)23-15-13-20(29-30-23)16-18-12-14-25-27(17-18)31-26-11-4-3-10-24(26)28-25/h1-15,17,28H,16H2. The minimum absolute atomic E-state index is 0.762. The lowest BCUT2D eigenvalue weighted by Crippen LogP contribution is -2.01. The van der Waals surface area contributed by atoms with E-state index in [1.165, 1.54) is 31.8 Å². The molecule has 0 amide bonds. The van der Waals surface area contributed by atoms with E-state index in [0.717, 1.165) is 29.1 Å². The molecule has 1 aliphatic rings. The van der Waals surface area contributed by atoms with Gasteiger partial charge in [-0.3, -0.25) is 0 Å². The van der Waals surface area contributed by atoms with Crippen LogP contribution >= 0.6 is 11.8 Å². The molecule has 6 rings (SSSR count). The van der Waals surface area contributed by atoms with Gasteiger partial charge in [0.2, 0.25) is 0 Å². The zero-order valence-electron chi connectivity index (χ0n) is 16.7. The number of para-hydroxylation sites is 1. The highest BCUT2D eigenvalue weighted by Gasteiger charge is 2.15. The lowest BCUT2D eigenvalue weighted by Gasteiger charge is -2.21. The first kappa shape index (κ1) is 18.2. The Morgan fingerprint density at radius 3 is 2.45 bits per heavy atom. The molecule has 3 nitrogen and oxygen atoms in total. The summed E-state index contributed by atoms with van der Waals surface area (Å²) in [5, 5.41) is 15.0. The van der Waals surface area contributed by atoms with Crippen molar-refractivity contribution in [2.75, 3.05) is 5.32 Å². The molecule has 4 heteroatoms. The number of nitrogens with zero attached hydrogens (tertiary/aromatic N) is 2. The molecule has 1 aromatic heterocycles. The molecule has 1 N–H and O–H groups in total. The molecule has 0 radical (unpaired) electrons. The van der Waals surface area contributed by atoms with Crippen molar-refractivity contribution in [3.05, 3.63) is 108 Å². The highest BCUT2D eigenvalue weighted by Crippen LogP contribution is 2.44. The van der Waals surface area contributed by atoms with Gasteiger partial charge in [-0.05, 0) is 52.7 Å². The van der Waals surface area contributed by atoms with Crippen molar-refractivity contribution in [3.8, 4) is 11.3 Å². The van der Waals surface area contributed by atoms with Crippen LogP contribution in [-0.4, -0.2) is 10.2 Å². The predicted molar refractivity (Wildman–Crippen MR) is 128 cm³/mol. The zero-order chi connectivity index (χ0) is 20.6. The Hall–Kier alpha value is -3.63. The van der Waals surface area contributed by atoms with Crippen LogP contribution in [0.1, 0.15) is 11.3 Å². The van der Waals surface area contributed by atoms with Crippen molar-refractivity contribution >= 4 is 33.9 Å². The summed E-state index contributed by atoms with van der Waals surface area (Å²) in [6.45, 7) is 0. The van der Waals surface area contributed by atoms with Crippen LogP contribution in [0.2, 0.25) is 0 Å². The molecule has 0 saturated carbocycles. The van der Waals surface area contributed by atoms with E-state index in [1.54, 1.807) is 0 Å². The van der Waals surface area contributed by atoms with Crippen LogP contribution < -0.4 is 5.32 Å². The Labute approximate surface area is 185 Å². The Morgan fingerprint density at radius 1 is 0.677 bits per heavy atom. The number of aromatic nitrogens is 2. The molecule has 31 heavy (non-hydrogen) atoms. The van der Waals surface area contributed by atoms with Crippen molar-refractivity contribution < 1.29 is 0 Å². The van der Waals surface area contributed by atoms with Crippen LogP contribution in [0.5, 0.6) is 0 Å². The smallest absolute Gasteiger partial charge is 0.0936 e. The molecule has 0 saturated heterocycles. The fourth-order valence-electron chi connectivity index (χ4n) is 4.04. The van der Waals surface area contributed by atoms with Crippen molar-refractivity contribution in [1.82, 2.24) is 10.2 Å². The zero-order valence-corrected chi connectivity index (χ0v) is 17.6.